The van der Waals surface area contributed by atoms with Crippen LogP contribution < -0.4 is 0 Å². The monoisotopic (exact) mass is 363 g/mol. The molecular formula is C18H22BrNO2. The lowest BCUT2D eigenvalue weighted by molar-refractivity contribution is 0.0596. The minimum absolute atomic E-state index is 0.0357. The predicted molar refractivity (Wildman–Crippen MR) is 92.1 cm³/mol. The van der Waals surface area contributed by atoms with E-state index in [1.165, 1.54) is 0 Å². The molecule has 4 heteroatoms. The van der Waals surface area contributed by atoms with E-state index in [9.17, 15) is 4.79 Å². The number of carbonyl (C=O) groups is 1. The van der Waals surface area contributed by atoms with Crippen LogP contribution in [0.4, 0.5) is 0 Å². The van der Waals surface area contributed by atoms with Crippen LogP contribution in [-0.2, 0) is 0 Å². The first-order valence-electron chi connectivity index (χ1n) is 7.91. The van der Waals surface area contributed by atoms with Gasteiger partial charge in [-0.1, -0.05) is 29.8 Å². The van der Waals surface area contributed by atoms with Gasteiger partial charge in [-0.2, -0.15) is 0 Å². The highest BCUT2D eigenvalue weighted by Gasteiger charge is 2.38. The van der Waals surface area contributed by atoms with Crippen molar-refractivity contribution < 1.29 is 9.21 Å². The normalized spacial score (nSPS) is 16.3. The number of aryl methyl sites for hydroxylation is 1. The molecule has 1 saturated carbocycles. The van der Waals surface area contributed by atoms with Crippen LogP contribution in [0.25, 0.3) is 11.0 Å². The Morgan fingerprint density at radius 1 is 1.32 bits per heavy atom. The second kappa shape index (κ2) is 5.73. The van der Waals surface area contributed by atoms with Gasteiger partial charge < -0.3 is 9.32 Å². The zero-order chi connectivity index (χ0) is 16.0. The maximum atomic E-state index is 13.1. The van der Waals surface area contributed by atoms with Crippen molar-refractivity contribution in [2.24, 2.45) is 5.92 Å². The van der Waals surface area contributed by atoms with Crippen LogP contribution in [-0.4, -0.2) is 22.9 Å². The molecule has 1 fully saturated rings. The molecule has 3 rings (SSSR count). The maximum absolute atomic E-state index is 13.1. The van der Waals surface area contributed by atoms with Gasteiger partial charge in [0.2, 0.25) is 0 Å². The van der Waals surface area contributed by atoms with Crippen LogP contribution in [0.5, 0.6) is 0 Å². The van der Waals surface area contributed by atoms with Crippen molar-refractivity contribution in [3.8, 4) is 0 Å². The van der Waals surface area contributed by atoms with Crippen LogP contribution in [0.2, 0.25) is 0 Å². The van der Waals surface area contributed by atoms with Gasteiger partial charge in [0, 0.05) is 27.5 Å². The molecule has 0 N–H and O–H groups in total. The summed E-state index contributed by atoms with van der Waals surface area (Å²) in [6.07, 6.45) is 2.21. The van der Waals surface area contributed by atoms with E-state index in [0.29, 0.717) is 17.7 Å². The van der Waals surface area contributed by atoms with Crippen LogP contribution in [0, 0.1) is 12.8 Å². The van der Waals surface area contributed by atoms with E-state index in [4.69, 9.17) is 4.42 Å². The third-order valence-corrected chi connectivity index (χ3v) is 5.16. The Morgan fingerprint density at radius 2 is 2.00 bits per heavy atom. The van der Waals surface area contributed by atoms with Crippen molar-refractivity contribution in [2.75, 3.05) is 0 Å². The Balaban J connectivity index is 2.01. The van der Waals surface area contributed by atoms with E-state index >= 15 is 0 Å². The molecule has 1 aromatic carbocycles. The predicted octanol–water partition coefficient (Wildman–Crippen LogP) is 5.15. The van der Waals surface area contributed by atoms with Gasteiger partial charge in [0.25, 0.3) is 5.91 Å². The average molecular weight is 364 g/mol. The molecule has 0 saturated heterocycles. The second-order valence-electron chi connectivity index (χ2n) is 6.62. The number of benzene rings is 1. The number of rotatable bonds is 4. The van der Waals surface area contributed by atoms with Crippen molar-refractivity contribution in [1.29, 1.82) is 0 Å². The molecule has 1 aliphatic rings. The Labute approximate surface area is 139 Å². The summed E-state index contributed by atoms with van der Waals surface area (Å²) >= 11 is 3.48. The number of nitrogens with zero attached hydrogens (tertiary/aromatic N) is 1. The van der Waals surface area contributed by atoms with E-state index < -0.39 is 0 Å². The molecule has 1 unspecified atom stereocenters. The molecule has 1 aromatic heterocycles. The first-order chi connectivity index (χ1) is 10.4. The number of fused-ring (bicyclic) bond motifs is 1. The fourth-order valence-corrected chi connectivity index (χ4v) is 3.23. The van der Waals surface area contributed by atoms with Gasteiger partial charge in [-0.05, 0) is 50.8 Å². The van der Waals surface area contributed by atoms with E-state index in [2.05, 4.69) is 36.7 Å². The fraction of sp³-hybridized carbons (Fsp3) is 0.500. The van der Waals surface area contributed by atoms with Gasteiger partial charge in [-0.15, -0.1) is 0 Å². The Hall–Kier alpha value is -1.29. The SMILES string of the molecule is Cc1c(C(=O)N(C2CC2)C(C)C(C)C)oc2ccc(Br)cc12. The fourth-order valence-electron chi connectivity index (χ4n) is 2.87. The van der Waals surface area contributed by atoms with Gasteiger partial charge in [-0.25, -0.2) is 0 Å². The molecule has 2 aromatic rings. The Bertz CT molecular complexity index is 715. The first-order valence-corrected chi connectivity index (χ1v) is 8.70. The summed E-state index contributed by atoms with van der Waals surface area (Å²) in [6, 6.07) is 6.47. The topological polar surface area (TPSA) is 33.5 Å². The van der Waals surface area contributed by atoms with Crippen molar-refractivity contribution in [3.05, 3.63) is 34.0 Å². The summed E-state index contributed by atoms with van der Waals surface area (Å²) in [5.74, 6) is 0.962. The van der Waals surface area contributed by atoms with E-state index in [1.54, 1.807) is 0 Å². The molecule has 22 heavy (non-hydrogen) atoms. The molecule has 1 atom stereocenters. The Morgan fingerprint density at radius 3 is 2.59 bits per heavy atom. The van der Waals surface area contributed by atoms with Crippen molar-refractivity contribution in [3.63, 3.8) is 0 Å². The highest BCUT2D eigenvalue weighted by Crippen LogP contribution is 2.35. The second-order valence-corrected chi connectivity index (χ2v) is 7.54. The molecule has 118 valence electrons. The summed E-state index contributed by atoms with van der Waals surface area (Å²) in [6.45, 7) is 8.43. The van der Waals surface area contributed by atoms with Crippen molar-refractivity contribution >= 4 is 32.8 Å². The number of halogens is 1. The lowest BCUT2D eigenvalue weighted by Gasteiger charge is -2.31. The van der Waals surface area contributed by atoms with E-state index in [1.807, 2.05) is 30.0 Å². The number of amides is 1. The van der Waals surface area contributed by atoms with Gasteiger partial charge in [0.15, 0.2) is 5.76 Å². The molecule has 0 aliphatic heterocycles. The van der Waals surface area contributed by atoms with Crippen LogP contribution in [0.1, 0.15) is 49.7 Å². The zero-order valence-corrected chi connectivity index (χ0v) is 15.1. The van der Waals surface area contributed by atoms with Gasteiger partial charge in [0.1, 0.15) is 5.58 Å². The first kappa shape index (κ1) is 15.6. The van der Waals surface area contributed by atoms with E-state index in [0.717, 1.165) is 33.8 Å². The van der Waals surface area contributed by atoms with E-state index in [-0.39, 0.29) is 11.9 Å². The standard InChI is InChI=1S/C18H22BrNO2/c1-10(2)12(4)20(14-6-7-14)18(21)17-11(3)15-9-13(19)5-8-16(15)22-17/h5,8-10,12,14H,6-7H2,1-4H3. The Kier molecular flexibility index (Phi) is 4.06. The van der Waals surface area contributed by atoms with Gasteiger partial charge >= 0.3 is 0 Å². The third kappa shape index (κ3) is 2.69. The highest BCUT2D eigenvalue weighted by atomic mass is 79.9. The quantitative estimate of drug-likeness (QED) is 0.752. The molecule has 0 bridgehead atoms. The molecule has 0 radical (unpaired) electrons. The van der Waals surface area contributed by atoms with Crippen LogP contribution in [0.3, 0.4) is 0 Å². The van der Waals surface area contributed by atoms with Crippen molar-refractivity contribution in [1.82, 2.24) is 4.90 Å². The minimum atomic E-state index is 0.0357. The third-order valence-electron chi connectivity index (χ3n) is 4.67. The molecule has 1 amide bonds. The summed E-state index contributed by atoms with van der Waals surface area (Å²) in [5, 5.41) is 1.01. The lowest BCUT2D eigenvalue weighted by atomic mass is 10.0. The number of hydrogen-bond donors (Lipinski definition) is 0. The number of furan rings is 1. The summed E-state index contributed by atoms with van der Waals surface area (Å²) in [4.78, 5) is 15.1. The van der Waals surface area contributed by atoms with Crippen LogP contribution >= 0.6 is 15.9 Å². The molecule has 3 nitrogen and oxygen atoms in total. The highest BCUT2D eigenvalue weighted by molar-refractivity contribution is 9.10. The molecule has 0 spiro atoms. The lowest BCUT2D eigenvalue weighted by Crippen LogP contribution is -2.43. The molecular weight excluding hydrogens is 342 g/mol. The molecule has 1 heterocycles. The largest absolute Gasteiger partial charge is 0.451 e. The maximum Gasteiger partial charge on any atom is 0.290 e. The number of carbonyl (C=O) groups excluding carboxylic acids is 1. The van der Waals surface area contributed by atoms with Gasteiger partial charge in [0.05, 0.1) is 0 Å². The van der Waals surface area contributed by atoms with Crippen molar-refractivity contribution in [2.45, 2.75) is 52.6 Å². The summed E-state index contributed by atoms with van der Waals surface area (Å²) in [7, 11) is 0. The van der Waals surface area contributed by atoms with Gasteiger partial charge in [-0.3, -0.25) is 4.79 Å². The van der Waals surface area contributed by atoms with Crippen LogP contribution in [0.15, 0.2) is 27.1 Å². The average Bonchev–Trinajstić information content (AvgIpc) is 3.24. The number of hydrogen-bond acceptors (Lipinski definition) is 2. The summed E-state index contributed by atoms with van der Waals surface area (Å²) < 4.78 is 6.89. The molecule has 1 aliphatic carbocycles. The zero-order valence-electron chi connectivity index (χ0n) is 13.5. The summed E-state index contributed by atoms with van der Waals surface area (Å²) in [5.41, 5.74) is 1.71. The smallest absolute Gasteiger partial charge is 0.290 e. The minimum Gasteiger partial charge on any atom is -0.451 e.